The maximum absolute atomic E-state index is 11.6. The highest BCUT2D eigenvalue weighted by Crippen LogP contribution is 2.35. The van der Waals surface area contributed by atoms with Crippen molar-refractivity contribution in [2.45, 2.75) is 31.7 Å². The van der Waals surface area contributed by atoms with Crippen LogP contribution < -0.4 is 0 Å². The van der Waals surface area contributed by atoms with Gasteiger partial charge in [-0.3, -0.25) is 4.79 Å². The molecule has 0 aromatic heterocycles. The van der Waals surface area contributed by atoms with Crippen molar-refractivity contribution < 1.29 is 9.90 Å². The molecule has 0 bridgehead atoms. The average Bonchev–Trinajstić information content (AvgIpc) is 2.24. The molecule has 0 aromatic carbocycles. The zero-order valence-corrected chi connectivity index (χ0v) is 8.35. The first kappa shape index (κ1) is 9.71. The van der Waals surface area contributed by atoms with Gasteiger partial charge < -0.3 is 10.0 Å². The zero-order valence-electron chi connectivity index (χ0n) is 8.35. The number of hydrogen-bond donors (Lipinski definition) is 1. The Bertz CT molecular complexity index is 250. The number of carbonyl (C=O) groups excluding carboxylic acids is 1. The predicted molar refractivity (Wildman–Crippen MR) is 53.7 cm³/mol. The normalized spacial score (nSPS) is 31.8. The van der Waals surface area contributed by atoms with Gasteiger partial charge in [0.05, 0.1) is 5.92 Å². The lowest BCUT2D eigenvalue weighted by molar-refractivity contribution is -0.155. The number of aliphatic hydroxyl groups excluding tert-OH is 1. The number of amides is 1. The Labute approximate surface area is 84.4 Å². The molecule has 14 heavy (non-hydrogen) atoms. The lowest BCUT2D eigenvalue weighted by Crippen LogP contribution is -2.61. The number of rotatable bonds is 3. The fraction of sp³-hybridized carbons (Fsp3) is 0.727. The summed E-state index contributed by atoms with van der Waals surface area (Å²) in [7, 11) is 0. The van der Waals surface area contributed by atoms with E-state index in [0.717, 1.165) is 19.4 Å². The molecule has 0 aromatic rings. The van der Waals surface area contributed by atoms with Gasteiger partial charge >= 0.3 is 0 Å². The lowest BCUT2D eigenvalue weighted by Gasteiger charge is -2.49. The number of piperidine rings is 1. The molecule has 1 N–H and O–H groups in total. The first-order valence-corrected chi connectivity index (χ1v) is 5.42. The van der Waals surface area contributed by atoms with Crippen LogP contribution in [0.4, 0.5) is 0 Å². The van der Waals surface area contributed by atoms with Crippen molar-refractivity contribution in [3.8, 4) is 0 Å². The van der Waals surface area contributed by atoms with Crippen LogP contribution in [-0.2, 0) is 4.79 Å². The molecule has 3 nitrogen and oxygen atoms in total. The molecule has 2 rings (SSSR count). The number of aliphatic hydroxyl groups is 1. The third kappa shape index (κ3) is 1.57. The van der Waals surface area contributed by atoms with Gasteiger partial charge in [0, 0.05) is 19.2 Å². The Hall–Kier alpha value is -0.830. The summed E-state index contributed by atoms with van der Waals surface area (Å²) in [4.78, 5) is 13.6. The monoisotopic (exact) mass is 195 g/mol. The van der Waals surface area contributed by atoms with Crippen molar-refractivity contribution in [2.75, 3.05) is 13.2 Å². The molecule has 2 aliphatic heterocycles. The summed E-state index contributed by atoms with van der Waals surface area (Å²) in [6.45, 7) is 1.12. The van der Waals surface area contributed by atoms with Crippen LogP contribution >= 0.6 is 0 Å². The summed E-state index contributed by atoms with van der Waals surface area (Å²) < 4.78 is 0. The van der Waals surface area contributed by atoms with Gasteiger partial charge in [-0.1, -0.05) is 12.2 Å². The number of β-lactam (4-membered cyclic amide) rings is 1. The maximum Gasteiger partial charge on any atom is 0.231 e. The van der Waals surface area contributed by atoms with Crippen LogP contribution in [0, 0.1) is 5.92 Å². The highest BCUT2D eigenvalue weighted by atomic mass is 16.2. The highest BCUT2D eigenvalue weighted by Gasteiger charge is 2.45. The van der Waals surface area contributed by atoms with Gasteiger partial charge in [0.1, 0.15) is 0 Å². The molecule has 2 fully saturated rings. The molecule has 0 spiro atoms. The second-order valence-corrected chi connectivity index (χ2v) is 4.06. The van der Waals surface area contributed by atoms with Crippen molar-refractivity contribution >= 4 is 5.91 Å². The molecular weight excluding hydrogens is 178 g/mol. The minimum atomic E-state index is 0.113. The molecular formula is C11H17NO2. The molecule has 2 atom stereocenters. The van der Waals surface area contributed by atoms with E-state index >= 15 is 0 Å². The average molecular weight is 195 g/mol. The van der Waals surface area contributed by atoms with Gasteiger partial charge in [0.15, 0.2) is 0 Å². The third-order valence-corrected chi connectivity index (χ3v) is 3.17. The minimum absolute atomic E-state index is 0.113. The van der Waals surface area contributed by atoms with Gasteiger partial charge in [-0.05, 0) is 25.7 Å². The number of nitrogens with zero attached hydrogens (tertiary/aromatic N) is 1. The Kier molecular flexibility index (Phi) is 2.87. The van der Waals surface area contributed by atoms with Crippen molar-refractivity contribution in [3.05, 3.63) is 12.2 Å². The van der Waals surface area contributed by atoms with E-state index < -0.39 is 0 Å². The van der Waals surface area contributed by atoms with Gasteiger partial charge in [-0.2, -0.15) is 0 Å². The van der Waals surface area contributed by atoms with E-state index in [2.05, 4.69) is 0 Å². The smallest absolute Gasteiger partial charge is 0.231 e. The molecule has 0 unspecified atom stereocenters. The Morgan fingerprint density at radius 3 is 3.14 bits per heavy atom. The van der Waals surface area contributed by atoms with Crippen LogP contribution in [0.3, 0.4) is 0 Å². The molecule has 2 aliphatic rings. The second-order valence-electron chi connectivity index (χ2n) is 4.06. The summed E-state index contributed by atoms with van der Waals surface area (Å²) >= 11 is 0. The van der Waals surface area contributed by atoms with E-state index in [1.165, 1.54) is 6.42 Å². The summed E-state index contributed by atoms with van der Waals surface area (Å²) in [5.74, 6) is 0.394. The van der Waals surface area contributed by atoms with Gasteiger partial charge in [0.25, 0.3) is 0 Å². The molecule has 0 aliphatic carbocycles. The molecule has 0 radical (unpaired) electrons. The van der Waals surface area contributed by atoms with Gasteiger partial charge in [0.2, 0.25) is 5.91 Å². The van der Waals surface area contributed by atoms with E-state index in [9.17, 15) is 4.79 Å². The number of hydrogen-bond acceptors (Lipinski definition) is 2. The molecule has 2 saturated heterocycles. The van der Waals surface area contributed by atoms with Crippen LogP contribution in [0.15, 0.2) is 12.2 Å². The maximum atomic E-state index is 11.6. The van der Waals surface area contributed by atoms with Crippen molar-refractivity contribution in [1.82, 2.24) is 4.90 Å². The van der Waals surface area contributed by atoms with Crippen LogP contribution in [-0.4, -0.2) is 35.1 Å². The summed E-state index contributed by atoms with van der Waals surface area (Å²) in [6, 6.07) is 0.464. The molecule has 2 heterocycles. The van der Waals surface area contributed by atoms with Gasteiger partial charge in [-0.25, -0.2) is 0 Å². The Balaban J connectivity index is 1.91. The topological polar surface area (TPSA) is 40.5 Å². The Morgan fingerprint density at radius 2 is 2.36 bits per heavy atom. The quantitative estimate of drug-likeness (QED) is 0.537. The fourth-order valence-corrected chi connectivity index (χ4v) is 2.41. The van der Waals surface area contributed by atoms with Crippen LogP contribution in [0.5, 0.6) is 0 Å². The first-order valence-electron chi connectivity index (χ1n) is 5.42. The third-order valence-electron chi connectivity index (χ3n) is 3.17. The van der Waals surface area contributed by atoms with Crippen molar-refractivity contribution in [1.29, 1.82) is 0 Å². The standard InChI is InChI=1S/C11H17NO2/c13-8-4-2-5-9-10-6-1-3-7-12(10)11(9)14/h2,5,9-10,13H,1,3-4,6-8H2/b5-2-/t9-,10+/m0/s1. The highest BCUT2D eigenvalue weighted by molar-refractivity contribution is 5.87. The summed E-state index contributed by atoms with van der Waals surface area (Å²) in [6.07, 6.45) is 8.13. The van der Waals surface area contributed by atoms with E-state index in [0.29, 0.717) is 12.5 Å². The second kappa shape index (κ2) is 4.13. The first-order chi connectivity index (χ1) is 6.84. The largest absolute Gasteiger partial charge is 0.396 e. The fourth-order valence-electron chi connectivity index (χ4n) is 2.41. The number of carbonyl (C=O) groups is 1. The predicted octanol–water partition coefficient (Wildman–Crippen LogP) is 0.936. The summed E-state index contributed by atoms with van der Waals surface area (Å²) in [5, 5.41) is 8.62. The zero-order chi connectivity index (χ0) is 9.97. The molecule has 1 amide bonds. The molecule has 3 heteroatoms. The SMILES string of the molecule is O=C1[C@@H](/C=C\CCO)[C@H]2CCCCN12. The lowest BCUT2D eigenvalue weighted by atomic mass is 9.80. The van der Waals surface area contributed by atoms with Crippen LogP contribution in [0.1, 0.15) is 25.7 Å². The Morgan fingerprint density at radius 1 is 1.50 bits per heavy atom. The van der Waals surface area contributed by atoms with Crippen LogP contribution in [0.2, 0.25) is 0 Å². The molecule has 0 saturated carbocycles. The van der Waals surface area contributed by atoms with Crippen molar-refractivity contribution in [3.63, 3.8) is 0 Å². The number of fused-ring (bicyclic) bond motifs is 1. The van der Waals surface area contributed by atoms with Gasteiger partial charge in [-0.15, -0.1) is 0 Å². The summed E-state index contributed by atoms with van der Waals surface area (Å²) in [5.41, 5.74) is 0. The van der Waals surface area contributed by atoms with E-state index in [1.54, 1.807) is 0 Å². The van der Waals surface area contributed by atoms with Crippen LogP contribution in [0.25, 0.3) is 0 Å². The van der Waals surface area contributed by atoms with E-state index in [4.69, 9.17) is 5.11 Å². The van der Waals surface area contributed by atoms with E-state index in [1.807, 2.05) is 17.1 Å². The molecule has 78 valence electrons. The van der Waals surface area contributed by atoms with Crippen molar-refractivity contribution in [2.24, 2.45) is 5.92 Å². The van der Waals surface area contributed by atoms with E-state index in [-0.39, 0.29) is 18.4 Å². The minimum Gasteiger partial charge on any atom is -0.396 e.